The van der Waals surface area contributed by atoms with Gasteiger partial charge in [0, 0.05) is 35.5 Å². The number of nitro benzene ring substituents is 1. The second-order valence-electron chi connectivity index (χ2n) is 3.72. The van der Waals surface area contributed by atoms with Gasteiger partial charge in [-0.15, -0.1) is 0 Å². The Labute approximate surface area is 112 Å². The van der Waals surface area contributed by atoms with Crippen molar-refractivity contribution in [1.82, 2.24) is 9.78 Å². The number of aromatic nitrogens is 2. The first kappa shape index (κ1) is 12.6. The standard InChI is InChI=1S/C11H11BrN4O2/c1-15-9(4-5-14-15)7-13-11-3-2-8(16(17)18)6-10(11)12/h2-6,13H,7H2,1H3. The molecular weight excluding hydrogens is 300 g/mol. The van der Waals surface area contributed by atoms with Gasteiger partial charge < -0.3 is 5.32 Å². The maximum Gasteiger partial charge on any atom is 0.270 e. The highest BCUT2D eigenvalue weighted by atomic mass is 79.9. The molecule has 2 rings (SSSR count). The Kier molecular flexibility index (Phi) is 3.61. The number of benzene rings is 1. The van der Waals surface area contributed by atoms with E-state index in [1.54, 1.807) is 16.9 Å². The van der Waals surface area contributed by atoms with E-state index in [2.05, 4.69) is 26.3 Å². The lowest BCUT2D eigenvalue weighted by molar-refractivity contribution is -0.384. The predicted molar refractivity (Wildman–Crippen MR) is 71.3 cm³/mol. The second-order valence-corrected chi connectivity index (χ2v) is 4.58. The number of anilines is 1. The molecule has 0 bridgehead atoms. The smallest absolute Gasteiger partial charge is 0.270 e. The van der Waals surface area contributed by atoms with E-state index >= 15 is 0 Å². The average Bonchev–Trinajstić information content (AvgIpc) is 2.73. The number of hydrogen-bond donors (Lipinski definition) is 1. The van der Waals surface area contributed by atoms with Crippen molar-refractivity contribution in [3.05, 3.63) is 50.7 Å². The van der Waals surface area contributed by atoms with Crippen molar-refractivity contribution >= 4 is 27.3 Å². The molecule has 1 aromatic heterocycles. The summed E-state index contributed by atoms with van der Waals surface area (Å²) in [6.07, 6.45) is 1.72. The molecule has 0 atom stereocenters. The Morgan fingerprint density at radius 3 is 2.83 bits per heavy atom. The van der Waals surface area contributed by atoms with Gasteiger partial charge in [-0.2, -0.15) is 5.10 Å². The maximum absolute atomic E-state index is 10.6. The highest BCUT2D eigenvalue weighted by molar-refractivity contribution is 9.10. The first-order valence-electron chi connectivity index (χ1n) is 5.22. The van der Waals surface area contributed by atoms with E-state index < -0.39 is 4.92 Å². The third-order valence-corrected chi connectivity index (χ3v) is 3.20. The van der Waals surface area contributed by atoms with Gasteiger partial charge in [-0.3, -0.25) is 14.8 Å². The SMILES string of the molecule is Cn1nccc1CNc1ccc([N+](=O)[O-])cc1Br. The molecule has 1 aromatic carbocycles. The minimum absolute atomic E-state index is 0.0629. The normalized spacial score (nSPS) is 10.3. The zero-order valence-corrected chi connectivity index (χ0v) is 11.2. The van der Waals surface area contributed by atoms with Crippen molar-refractivity contribution in [2.45, 2.75) is 6.54 Å². The molecule has 18 heavy (non-hydrogen) atoms. The molecule has 2 aromatic rings. The summed E-state index contributed by atoms with van der Waals surface area (Å²) < 4.78 is 2.44. The summed E-state index contributed by atoms with van der Waals surface area (Å²) in [5.74, 6) is 0. The molecule has 0 saturated heterocycles. The van der Waals surface area contributed by atoms with Crippen LogP contribution in [0.3, 0.4) is 0 Å². The lowest BCUT2D eigenvalue weighted by atomic mass is 10.3. The van der Waals surface area contributed by atoms with Crippen LogP contribution in [0.2, 0.25) is 0 Å². The molecule has 1 heterocycles. The first-order chi connectivity index (χ1) is 8.58. The van der Waals surface area contributed by atoms with Gasteiger partial charge in [0.05, 0.1) is 17.2 Å². The lowest BCUT2D eigenvalue weighted by Crippen LogP contribution is -2.05. The number of nitro groups is 1. The Hall–Kier alpha value is -1.89. The molecule has 0 radical (unpaired) electrons. The van der Waals surface area contributed by atoms with Crippen LogP contribution >= 0.6 is 15.9 Å². The maximum atomic E-state index is 10.6. The average molecular weight is 311 g/mol. The fourth-order valence-corrected chi connectivity index (χ4v) is 2.03. The first-order valence-corrected chi connectivity index (χ1v) is 6.02. The van der Waals surface area contributed by atoms with E-state index in [1.807, 2.05) is 13.1 Å². The Morgan fingerprint density at radius 1 is 1.50 bits per heavy atom. The Morgan fingerprint density at radius 2 is 2.28 bits per heavy atom. The van der Waals surface area contributed by atoms with E-state index in [9.17, 15) is 10.1 Å². The fourth-order valence-electron chi connectivity index (χ4n) is 1.52. The van der Waals surface area contributed by atoms with Crippen molar-refractivity contribution in [3.63, 3.8) is 0 Å². The summed E-state index contributed by atoms with van der Waals surface area (Å²) in [4.78, 5) is 10.2. The molecular formula is C11H11BrN4O2. The van der Waals surface area contributed by atoms with Gasteiger partial charge in [0.25, 0.3) is 5.69 Å². The molecule has 7 heteroatoms. The van der Waals surface area contributed by atoms with Crippen molar-refractivity contribution in [2.24, 2.45) is 7.05 Å². The Bertz CT molecular complexity index is 582. The molecule has 0 aliphatic carbocycles. The van der Waals surface area contributed by atoms with Gasteiger partial charge in [-0.1, -0.05) is 0 Å². The van der Waals surface area contributed by atoms with Gasteiger partial charge in [0.15, 0.2) is 0 Å². The van der Waals surface area contributed by atoms with E-state index in [4.69, 9.17) is 0 Å². The molecule has 6 nitrogen and oxygen atoms in total. The van der Waals surface area contributed by atoms with Crippen molar-refractivity contribution in [3.8, 4) is 0 Å². The van der Waals surface area contributed by atoms with Crippen molar-refractivity contribution in [1.29, 1.82) is 0 Å². The van der Waals surface area contributed by atoms with Crippen LogP contribution in [0.1, 0.15) is 5.69 Å². The van der Waals surface area contributed by atoms with E-state index in [0.717, 1.165) is 11.4 Å². The number of non-ortho nitro benzene ring substituents is 1. The third-order valence-electron chi connectivity index (χ3n) is 2.55. The topological polar surface area (TPSA) is 73.0 Å². The lowest BCUT2D eigenvalue weighted by Gasteiger charge is -2.08. The second kappa shape index (κ2) is 5.18. The Balaban J connectivity index is 2.11. The molecule has 0 unspecified atom stereocenters. The number of nitrogens with zero attached hydrogens (tertiary/aromatic N) is 3. The minimum atomic E-state index is -0.421. The van der Waals surface area contributed by atoms with Gasteiger partial charge in [-0.05, 0) is 28.1 Å². The van der Waals surface area contributed by atoms with Crippen LogP contribution in [-0.4, -0.2) is 14.7 Å². The van der Waals surface area contributed by atoms with E-state index in [1.165, 1.54) is 12.1 Å². The van der Waals surface area contributed by atoms with Gasteiger partial charge in [-0.25, -0.2) is 0 Å². The van der Waals surface area contributed by atoms with Crippen LogP contribution in [0.15, 0.2) is 34.9 Å². The summed E-state index contributed by atoms with van der Waals surface area (Å²) in [5, 5.41) is 17.9. The summed E-state index contributed by atoms with van der Waals surface area (Å²) in [6, 6.07) is 6.53. The van der Waals surface area contributed by atoms with Crippen LogP contribution in [0.25, 0.3) is 0 Å². The number of hydrogen-bond acceptors (Lipinski definition) is 4. The molecule has 1 N–H and O–H groups in total. The number of aryl methyl sites for hydroxylation is 1. The molecule has 0 saturated carbocycles. The highest BCUT2D eigenvalue weighted by Crippen LogP contribution is 2.27. The molecule has 0 amide bonds. The summed E-state index contributed by atoms with van der Waals surface area (Å²) in [7, 11) is 1.86. The van der Waals surface area contributed by atoms with Crippen molar-refractivity contribution in [2.75, 3.05) is 5.32 Å². The highest BCUT2D eigenvalue weighted by Gasteiger charge is 2.09. The third kappa shape index (κ3) is 2.67. The largest absolute Gasteiger partial charge is 0.378 e. The van der Waals surface area contributed by atoms with Gasteiger partial charge >= 0.3 is 0 Å². The number of rotatable bonds is 4. The van der Waals surface area contributed by atoms with Gasteiger partial charge in [0.2, 0.25) is 0 Å². The van der Waals surface area contributed by atoms with Crippen LogP contribution in [-0.2, 0) is 13.6 Å². The van der Waals surface area contributed by atoms with Crippen LogP contribution in [0.5, 0.6) is 0 Å². The van der Waals surface area contributed by atoms with E-state index in [-0.39, 0.29) is 5.69 Å². The molecule has 0 aliphatic rings. The minimum Gasteiger partial charge on any atom is -0.378 e. The molecule has 0 fully saturated rings. The molecule has 0 aliphatic heterocycles. The van der Waals surface area contributed by atoms with Crippen molar-refractivity contribution < 1.29 is 4.92 Å². The summed E-state index contributed by atoms with van der Waals surface area (Å²) >= 11 is 3.31. The zero-order valence-electron chi connectivity index (χ0n) is 9.63. The molecule has 94 valence electrons. The van der Waals surface area contributed by atoms with Crippen LogP contribution in [0.4, 0.5) is 11.4 Å². The van der Waals surface area contributed by atoms with E-state index in [0.29, 0.717) is 11.0 Å². The molecule has 0 spiro atoms. The summed E-state index contributed by atoms with van der Waals surface area (Å²) in [6.45, 7) is 0.604. The summed E-state index contributed by atoms with van der Waals surface area (Å²) in [5.41, 5.74) is 1.90. The van der Waals surface area contributed by atoms with Gasteiger partial charge in [0.1, 0.15) is 0 Å². The van der Waals surface area contributed by atoms with Crippen LogP contribution in [0, 0.1) is 10.1 Å². The quantitative estimate of drug-likeness (QED) is 0.696. The fraction of sp³-hybridized carbons (Fsp3) is 0.182. The monoisotopic (exact) mass is 310 g/mol. The number of halogens is 1. The van der Waals surface area contributed by atoms with Crippen LogP contribution < -0.4 is 5.32 Å². The number of nitrogens with one attached hydrogen (secondary N) is 1. The zero-order chi connectivity index (χ0) is 13.1. The predicted octanol–water partition coefficient (Wildman–Crippen LogP) is 2.70.